The largest absolute Gasteiger partial charge is 0.390 e. The molecule has 0 saturated heterocycles. The Morgan fingerprint density at radius 3 is 2.75 bits per heavy atom. The Morgan fingerprint density at radius 1 is 1.67 bits per heavy atom. The molecule has 0 spiro atoms. The molecule has 0 fully saturated rings. The molecule has 0 aliphatic rings. The molecule has 6 heteroatoms. The van der Waals surface area contributed by atoms with Crippen LogP contribution in [0.4, 0.5) is 8.78 Å². The van der Waals surface area contributed by atoms with Crippen molar-refractivity contribution in [3.8, 4) is 0 Å². The smallest absolute Gasteiger partial charge is 0.257 e. The monoisotopic (exact) mass is 288 g/mol. The molecule has 0 atom stereocenters. The fourth-order valence-corrected chi connectivity index (χ4v) is 1.44. The van der Waals surface area contributed by atoms with Crippen LogP contribution in [0, 0.1) is 3.70 Å². The van der Waals surface area contributed by atoms with Crippen molar-refractivity contribution >= 4 is 22.6 Å². The number of aliphatic hydroxyl groups excluding tert-OH is 1. The number of alkyl halides is 2. The van der Waals surface area contributed by atoms with Gasteiger partial charge in [-0.2, -0.15) is 5.10 Å². The van der Waals surface area contributed by atoms with Gasteiger partial charge in [-0.3, -0.25) is 4.68 Å². The number of aliphatic hydroxyl groups is 1. The Bertz CT molecular complexity index is 264. The summed E-state index contributed by atoms with van der Waals surface area (Å²) >= 11 is 1.89. The van der Waals surface area contributed by atoms with Crippen LogP contribution in [0.25, 0.3) is 0 Å². The standard InChI is InChI=1S/C6H7F2IN2O/c7-5(8)2-11-6(9)1-4(3-12)10-11/h1,5,12H,2-3H2. The molecule has 0 aromatic carbocycles. The number of rotatable bonds is 3. The fraction of sp³-hybridized carbons (Fsp3) is 0.500. The van der Waals surface area contributed by atoms with E-state index < -0.39 is 13.0 Å². The van der Waals surface area contributed by atoms with Crippen LogP contribution in [-0.2, 0) is 13.2 Å². The summed E-state index contributed by atoms with van der Waals surface area (Å²) in [4.78, 5) is 0. The molecule has 1 rings (SSSR count). The molecular formula is C6H7F2IN2O. The lowest BCUT2D eigenvalue weighted by molar-refractivity contribution is 0.120. The second-order valence-electron chi connectivity index (χ2n) is 2.19. The van der Waals surface area contributed by atoms with E-state index in [-0.39, 0.29) is 6.61 Å². The van der Waals surface area contributed by atoms with Gasteiger partial charge in [0, 0.05) is 0 Å². The van der Waals surface area contributed by atoms with E-state index in [1.165, 1.54) is 4.68 Å². The van der Waals surface area contributed by atoms with Gasteiger partial charge in [0.2, 0.25) is 0 Å². The summed E-state index contributed by atoms with van der Waals surface area (Å²) < 4.78 is 25.6. The maximum absolute atomic E-state index is 11.9. The molecule has 1 heterocycles. The summed E-state index contributed by atoms with van der Waals surface area (Å²) in [6.07, 6.45) is -2.41. The fourth-order valence-electron chi connectivity index (χ4n) is 0.780. The van der Waals surface area contributed by atoms with E-state index in [2.05, 4.69) is 5.10 Å². The zero-order valence-corrected chi connectivity index (χ0v) is 8.20. The third-order valence-corrected chi connectivity index (χ3v) is 2.12. The predicted molar refractivity (Wildman–Crippen MR) is 46.9 cm³/mol. The Morgan fingerprint density at radius 2 is 2.33 bits per heavy atom. The number of aromatic nitrogens is 2. The van der Waals surface area contributed by atoms with Crippen LogP contribution in [0.15, 0.2) is 6.07 Å². The second-order valence-corrected chi connectivity index (χ2v) is 3.29. The van der Waals surface area contributed by atoms with Crippen LogP contribution in [0.1, 0.15) is 5.69 Å². The second kappa shape index (κ2) is 4.13. The number of hydrogen-bond acceptors (Lipinski definition) is 2. The molecule has 0 aliphatic heterocycles. The van der Waals surface area contributed by atoms with Crippen LogP contribution >= 0.6 is 22.6 Å². The van der Waals surface area contributed by atoms with Gasteiger partial charge in [0.1, 0.15) is 6.54 Å². The molecular weight excluding hydrogens is 281 g/mol. The van der Waals surface area contributed by atoms with Gasteiger partial charge in [0.15, 0.2) is 0 Å². The van der Waals surface area contributed by atoms with E-state index in [4.69, 9.17) is 5.11 Å². The van der Waals surface area contributed by atoms with Crippen molar-refractivity contribution in [2.45, 2.75) is 19.6 Å². The minimum absolute atomic E-state index is 0.216. The third kappa shape index (κ3) is 2.37. The van der Waals surface area contributed by atoms with Crippen molar-refractivity contribution < 1.29 is 13.9 Å². The summed E-state index contributed by atoms with van der Waals surface area (Å²) in [5.41, 5.74) is 0.417. The van der Waals surface area contributed by atoms with Crippen molar-refractivity contribution in [3.63, 3.8) is 0 Å². The first-order chi connectivity index (χ1) is 5.63. The van der Waals surface area contributed by atoms with Gasteiger partial charge >= 0.3 is 0 Å². The summed E-state index contributed by atoms with van der Waals surface area (Å²) in [6, 6.07) is 1.57. The molecule has 12 heavy (non-hydrogen) atoms. The summed E-state index contributed by atoms with van der Waals surface area (Å²) in [6.45, 7) is -0.634. The first-order valence-corrected chi connectivity index (χ1v) is 4.32. The summed E-state index contributed by atoms with van der Waals surface area (Å²) in [5, 5.41) is 12.4. The summed E-state index contributed by atoms with van der Waals surface area (Å²) in [5.74, 6) is 0. The van der Waals surface area contributed by atoms with Gasteiger partial charge in [-0.25, -0.2) is 8.78 Å². The van der Waals surface area contributed by atoms with Crippen molar-refractivity contribution in [2.75, 3.05) is 0 Å². The van der Waals surface area contributed by atoms with Crippen molar-refractivity contribution in [1.82, 2.24) is 9.78 Å². The third-order valence-electron chi connectivity index (χ3n) is 1.25. The number of hydrogen-bond donors (Lipinski definition) is 1. The number of halogens is 3. The van der Waals surface area contributed by atoms with Gasteiger partial charge in [0.25, 0.3) is 6.43 Å². The molecule has 0 radical (unpaired) electrons. The SMILES string of the molecule is OCc1cc(I)n(CC(F)F)n1. The highest BCUT2D eigenvalue weighted by Crippen LogP contribution is 2.09. The van der Waals surface area contributed by atoms with Crippen LogP contribution in [-0.4, -0.2) is 21.3 Å². The van der Waals surface area contributed by atoms with E-state index in [0.717, 1.165) is 0 Å². The first kappa shape index (κ1) is 9.85. The Labute approximate surface area is 81.5 Å². The van der Waals surface area contributed by atoms with Crippen LogP contribution in [0.5, 0.6) is 0 Å². The molecule has 0 amide bonds. The van der Waals surface area contributed by atoms with E-state index >= 15 is 0 Å². The Hall–Kier alpha value is -0.240. The Balaban J connectivity index is 2.77. The van der Waals surface area contributed by atoms with Gasteiger partial charge in [-0.1, -0.05) is 0 Å². The lowest BCUT2D eigenvalue weighted by Gasteiger charge is -2.00. The topological polar surface area (TPSA) is 38.0 Å². The van der Waals surface area contributed by atoms with Crippen LogP contribution < -0.4 is 0 Å². The highest BCUT2D eigenvalue weighted by Gasteiger charge is 2.09. The van der Waals surface area contributed by atoms with Crippen molar-refractivity contribution in [3.05, 3.63) is 15.5 Å². The summed E-state index contributed by atoms with van der Waals surface area (Å²) in [7, 11) is 0. The Kier molecular flexibility index (Phi) is 3.39. The van der Waals surface area contributed by atoms with Crippen LogP contribution in [0.3, 0.4) is 0 Å². The normalized spacial score (nSPS) is 11.1. The maximum Gasteiger partial charge on any atom is 0.257 e. The first-order valence-electron chi connectivity index (χ1n) is 3.24. The quantitative estimate of drug-likeness (QED) is 0.850. The van der Waals surface area contributed by atoms with E-state index in [1.807, 2.05) is 22.6 Å². The lowest BCUT2D eigenvalue weighted by Crippen LogP contribution is -2.09. The van der Waals surface area contributed by atoms with Gasteiger partial charge < -0.3 is 5.11 Å². The molecule has 1 N–H and O–H groups in total. The minimum atomic E-state index is -2.41. The number of nitrogens with zero attached hydrogens (tertiary/aromatic N) is 2. The molecule has 0 bridgehead atoms. The average molecular weight is 288 g/mol. The highest BCUT2D eigenvalue weighted by molar-refractivity contribution is 14.1. The zero-order chi connectivity index (χ0) is 9.14. The van der Waals surface area contributed by atoms with Gasteiger partial charge in [-0.15, -0.1) is 0 Å². The van der Waals surface area contributed by atoms with Crippen molar-refractivity contribution in [1.29, 1.82) is 0 Å². The van der Waals surface area contributed by atoms with Crippen LogP contribution in [0.2, 0.25) is 0 Å². The highest BCUT2D eigenvalue weighted by atomic mass is 127. The van der Waals surface area contributed by atoms with E-state index in [0.29, 0.717) is 9.39 Å². The van der Waals surface area contributed by atoms with Gasteiger partial charge in [0.05, 0.1) is 16.0 Å². The molecule has 1 aromatic rings. The minimum Gasteiger partial charge on any atom is -0.390 e. The lowest BCUT2D eigenvalue weighted by atomic mass is 10.5. The predicted octanol–water partition coefficient (Wildman–Crippen LogP) is 1.25. The molecule has 68 valence electrons. The molecule has 1 aromatic heterocycles. The van der Waals surface area contributed by atoms with E-state index in [9.17, 15) is 8.78 Å². The molecule has 0 saturated carbocycles. The molecule has 0 aliphatic carbocycles. The average Bonchev–Trinajstić information content (AvgIpc) is 2.31. The maximum atomic E-state index is 11.9. The molecule has 3 nitrogen and oxygen atoms in total. The van der Waals surface area contributed by atoms with Crippen molar-refractivity contribution in [2.24, 2.45) is 0 Å². The van der Waals surface area contributed by atoms with E-state index in [1.54, 1.807) is 6.07 Å². The zero-order valence-electron chi connectivity index (χ0n) is 6.04. The molecule has 0 unspecified atom stereocenters. The van der Waals surface area contributed by atoms with Gasteiger partial charge in [-0.05, 0) is 28.7 Å².